The first kappa shape index (κ1) is 17.7. The van der Waals surface area contributed by atoms with Crippen LogP contribution in [0.4, 0.5) is 5.69 Å². The van der Waals surface area contributed by atoms with Crippen molar-refractivity contribution in [1.82, 2.24) is 9.78 Å². The van der Waals surface area contributed by atoms with Crippen LogP contribution in [-0.2, 0) is 4.79 Å². The third kappa shape index (κ3) is 4.68. The molecular formula is C17H15N3O2S3. The van der Waals surface area contributed by atoms with Crippen molar-refractivity contribution in [3.05, 3.63) is 58.6 Å². The van der Waals surface area contributed by atoms with Gasteiger partial charge in [-0.2, -0.15) is 0 Å². The van der Waals surface area contributed by atoms with Gasteiger partial charge in [-0.05, 0) is 48.6 Å². The number of benzene rings is 2. The summed E-state index contributed by atoms with van der Waals surface area (Å²) >= 11 is 8.12. The van der Waals surface area contributed by atoms with Crippen molar-refractivity contribution in [3.63, 3.8) is 0 Å². The molecule has 0 aliphatic heterocycles. The minimum atomic E-state index is -0.0949. The Balaban J connectivity index is 1.60. The Bertz CT molecular complexity index is 905. The number of hydrogen-bond acceptors (Lipinski definition) is 6. The third-order valence-corrected chi connectivity index (χ3v) is 5.60. The van der Waals surface area contributed by atoms with Gasteiger partial charge in [-0.15, -0.1) is 5.10 Å². The van der Waals surface area contributed by atoms with E-state index < -0.39 is 0 Å². The predicted molar refractivity (Wildman–Crippen MR) is 105 cm³/mol. The summed E-state index contributed by atoms with van der Waals surface area (Å²) in [6, 6.07) is 16.9. The topological polar surface area (TPSA) is 56.1 Å². The number of amides is 1. The Morgan fingerprint density at radius 2 is 1.96 bits per heavy atom. The zero-order valence-corrected chi connectivity index (χ0v) is 15.8. The second kappa shape index (κ2) is 8.28. The molecule has 1 heterocycles. The first-order valence-electron chi connectivity index (χ1n) is 7.38. The Morgan fingerprint density at radius 1 is 1.24 bits per heavy atom. The Morgan fingerprint density at radius 3 is 2.64 bits per heavy atom. The van der Waals surface area contributed by atoms with Gasteiger partial charge in [0.1, 0.15) is 5.75 Å². The van der Waals surface area contributed by atoms with Gasteiger partial charge >= 0.3 is 0 Å². The normalized spacial score (nSPS) is 10.4. The molecule has 0 bridgehead atoms. The number of rotatable bonds is 6. The van der Waals surface area contributed by atoms with E-state index in [1.165, 1.54) is 23.1 Å². The summed E-state index contributed by atoms with van der Waals surface area (Å²) < 4.78 is 8.23. The molecule has 3 rings (SSSR count). The second-order valence-corrected chi connectivity index (χ2v) is 7.79. The first-order valence-corrected chi connectivity index (χ1v) is 9.59. The summed E-state index contributed by atoms with van der Waals surface area (Å²) in [6.07, 6.45) is 0. The van der Waals surface area contributed by atoms with Crippen molar-refractivity contribution < 1.29 is 9.53 Å². The highest BCUT2D eigenvalue weighted by Gasteiger charge is 2.09. The number of para-hydroxylation sites is 1. The fourth-order valence-electron chi connectivity index (χ4n) is 2.05. The zero-order chi connectivity index (χ0) is 17.6. The average Bonchev–Trinajstić information content (AvgIpc) is 3.02. The summed E-state index contributed by atoms with van der Waals surface area (Å²) in [6.45, 7) is 0. The minimum absolute atomic E-state index is 0.0949. The third-order valence-electron chi connectivity index (χ3n) is 3.23. The molecule has 0 spiro atoms. The van der Waals surface area contributed by atoms with E-state index in [-0.39, 0.29) is 11.7 Å². The van der Waals surface area contributed by atoms with Crippen LogP contribution in [0.3, 0.4) is 0 Å². The number of carbonyl (C=O) groups excluding carboxylic acids is 1. The molecule has 0 fully saturated rings. The van der Waals surface area contributed by atoms with E-state index in [0.29, 0.717) is 3.95 Å². The van der Waals surface area contributed by atoms with Gasteiger partial charge < -0.3 is 10.1 Å². The van der Waals surface area contributed by atoms with Crippen LogP contribution < -0.4 is 10.1 Å². The SMILES string of the molecule is COc1ccc(NC(=O)CSc2nn(-c3ccccc3)c(=S)s2)cc1. The highest BCUT2D eigenvalue weighted by Crippen LogP contribution is 2.24. The summed E-state index contributed by atoms with van der Waals surface area (Å²) in [4.78, 5) is 12.1. The molecule has 0 atom stereocenters. The number of carbonyl (C=O) groups is 1. The van der Waals surface area contributed by atoms with Gasteiger partial charge in [0.2, 0.25) is 5.91 Å². The van der Waals surface area contributed by atoms with Gasteiger partial charge in [0, 0.05) is 5.69 Å². The van der Waals surface area contributed by atoms with Crippen molar-refractivity contribution in [2.45, 2.75) is 4.34 Å². The number of ether oxygens (including phenoxy) is 1. The lowest BCUT2D eigenvalue weighted by Gasteiger charge is -2.05. The van der Waals surface area contributed by atoms with Crippen molar-refractivity contribution in [2.75, 3.05) is 18.2 Å². The quantitative estimate of drug-likeness (QED) is 0.500. The molecule has 1 amide bonds. The summed E-state index contributed by atoms with van der Waals surface area (Å²) in [5.41, 5.74) is 1.65. The van der Waals surface area contributed by atoms with Gasteiger partial charge in [0.25, 0.3) is 0 Å². The van der Waals surface area contributed by atoms with Crippen LogP contribution in [0.15, 0.2) is 58.9 Å². The van der Waals surface area contributed by atoms with E-state index in [4.69, 9.17) is 17.0 Å². The lowest BCUT2D eigenvalue weighted by Crippen LogP contribution is -2.13. The summed E-state index contributed by atoms with van der Waals surface area (Å²) in [5.74, 6) is 0.921. The Hall–Kier alpha value is -2.16. The smallest absolute Gasteiger partial charge is 0.234 e. The summed E-state index contributed by atoms with van der Waals surface area (Å²) in [7, 11) is 1.60. The second-order valence-electron chi connectivity index (χ2n) is 4.95. The molecule has 1 N–H and O–H groups in total. The van der Waals surface area contributed by atoms with Crippen LogP contribution in [0, 0.1) is 3.95 Å². The van der Waals surface area contributed by atoms with Crippen LogP contribution in [0.2, 0.25) is 0 Å². The number of hydrogen-bond donors (Lipinski definition) is 1. The molecule has 0 saturated heterocycles. The van der Waals surface area contributed by atoms with Crippen molar-refractivity contribution in [1.29, 1.82) is 0 Å². The number of anilines is 1. The van der Waals surface area contributed by atoms with Crippen molar-refractivity contribution in [3.8, 4) is 11.4 Å². The molecule has 0 aliphatic rings. The van der Waals surface area contributed by atoms with Crippen LogP contribution in [-0.4, -0.2) is 28.6 Å². The first-order chi connectivity index (χ1) is 12.2. The van der Waals surface area contributed by atoms with E-state index in [1.807, 2.05) is 30.3 Å². The number of thioether (sulfide) groups is 1. The molecular weight excluding hydrogens is 374 g/mol. The molecule has 8 heteroatoms. The molecule has 0 saturated carbocycles. The maximum atomic E-state index is 12.1. The molecule has 5 nitrogen and oxygen atoms in total. The fourth-order valence-corrected chi connectivity index (χ4v) is 4.21. The largest absolute Gasteiger partial charge is 0.497 e. The summed E-state index contributed by atoms with van der Waals surface area (Å²) in [5, 5.41) is 7.32. The van der Waals surface area contributed by atoms with Gasteiger partial charge in [0.05, 0.1) is 18.6 Å². The van der Waals surface area contributed by atoms with Crippen molar-refractivity contribution in [2.24, 2.45) is 0 Å². The molecule has 0 aliphatic carbocycles. The number of aromatic nitrogens is 2. The highest BCUT2D eigenvalue weighted by molar-refractivity contribution is 8.01. The van der Waals surface area contributed by atoms with Crippen molar-refractivity contribution >= 4 is 46.9 Å². The van der Waals surface area contributed by atoms with Crippen LogP contribution >= 0.6 is 35.3 Å². The molecule has 2 aromatic carbocycles. The van der Waals surface area contributed by atoms with Gasteiger partial charge in [-0.3, -0.25) is 4.79 Å². The van der Waals surface area contributed by atoms with Gasteiger partial charge in [0.15, 0.2) is 8.29 Å². The molecule has 25 heavy (non-hydrogen) atoms. The predicted octanol–water partition coefficient (Wildman–Crippen LogP) is 4.40. The van der Waals surface area contributed by atoms with E-state index in [2.05, 4.69) is 10.4 Å². The molecule has 0 radical (unpaired) electrons. The van der Waals surface area contributed by atoms with E-state index in [1.54, 1.807) is 36.1 Å². The molecule has 0 unspecified atom stereocenters. The Labute approximate surface area is 158 Å². The number of nitrogens with zero attached hydrogens (tertiary/aromatic N) is 2. The van der Waals surface area contributed by atoms with E-state index in [0.717, 1.165) is 21.5 Å². The van der Waals surface area contributed by atoms with E-state index in [9.17, 15) is 4.79 Å². The molecule has 1 aromatic heterocycles. The van der Waals surface area contributed by atoms with Crippen LogP contribution in [0.25, 0.3) is 5.69 Å². The monoisotopic (exact) mass is 389 g/mol. The van der Waals surface area contributed by atoms with Crippen LogP contribution in [0.1, 0.15) is 0 Å². The standard InChI is InChI=1S/C17H15N3O2S3/c1-22-14-9-7-12(8-10-14)18-15(21)11-24-16-19-20(17(23)25-16)13-5-3-2-4-6-13/h2-10H,11H2,1H3,(H,18,21). The van der Waals surface area contributed by atoms with E-state index >= 15 is 0 Å². The van der Waals surface area contributed by atoms with Crippen LogP contribution in [0.5, 0.6) is 5.75 Å². The fraction of sp³-hybridized carbons (Fsp3) is 0.118. The average molecular weight is 390 g/mol. The molecule has 128 valence electrons. The highest BCUT2D eigenvalue weighted by atomic mass is 32.2. The van der Waals surface area contributed by atoms with Gasteiger partial charge in [-0.1, -0.05) is 41.3 Å². The minimum Gasteiger partial charge on any atom is -0.497 e. The lowest BCUT2D eigenvalue weighted by molar-refractivity contribution is -0.113. The maximum Gasteiger partial charge on any atom is 0.234 e. The van der Waals surface area contributed by atoms with Gasteiger partial charge in [-0.25, -0.2) is 4.68 Å². The lowest BCUT2D eigenvalue weighted by atomic mass is 10.3. The molecule has 3 aromatic rings. The maximum absolute atomic E-state index is 12.1. The Kier molecular flexibility index (Phi) is 5.85. The zero-order valence-electron chi connectivity index (χ0n) is 13.3. The number of nitrogens with one attached hydrogen (secondary N) is 1. The number of methoxy groups -OCH3 is 1.